The Bertz CT molecular complexity index is 1890. The minimum atomic E-state index is -0.755. The van der Waals surface area contributed by atoms with Gasteiger partial charge in [0, 0.05) is 77.6 Å². The molecule has 1 aliphatic rings. The van der Waals surface area contributed by atoms with Crippen LogP contribution in [0.1, 0.15) is 31.2 Å². The molecule has 1 saturated heterocycles. The van der Waals surface area contributed by atoms with Crippen LogP contribution in [0.2, 0.25) is 0 Å². The van der Waals surface area contributed by atoms with Crippen LogP contribution >= 0.6 is 0 Å². The van der Waals surface area contributed by atoms with Gasteiger partial charge in [-0.05, 0) is 42.5 Å². The normalized spacial score (nSPS) is 13.3. The van der Waals surface area contributed by atoms with E-state index in [0.717, 1.165) is 5.69 Å². The Balaban J connectivity index is 1.41. The second-order valence-electron chi connectivity index (χ2n) is 10.5. The van der Waals surface area contributed by atoms with Crippen molar-refractivity contribution in [3.05, 3.63) is 89.5 Å². The number of nitrogens with one attached hydrogen (secondary N) is 2. The van der Waals surface area contributed by atoms with Crippen LogP contribution in [-0.4, -0.2) is 73.0 Å². The van der Waals surface area contributed by atoms with Crippen LogP contribution < -0.4 is 16.0 Å². The van der Waals surface area contributed by atoms with Gasteiger partial charge in [0.05, 0.1) is 24.4 Å². The van der Waals surface area contributed by atoms with Gasteiger partial charge >= 0.3 is 0 Å². The van der Waals surface area contributed by atoms with Crippen LogP contribution in [0, 0.1) is 5.82 Å². The lowest BCUT2D eigenvalue weighted by atomic mass is 9.98. The van der Waals surface area contributed by atoms with Gasteiger partial charge in [-0.2, -0.15) is 0 Å². The first-order chi connectivity index (χ1) is 20.7. The van der Waals surface area contributed by atoms with Crippen LogP contribution in [0.15, 0.2) is 66.9 Å². The molecule has 11 heteroatoms. The fourth-order valence-electron chi connectivity index (χ4n) is 5.33. The minimum absolute atomic E-state index is 0.00968. The molecule has 0 radical (unpaired) electrons. The molecule has 218 valence electrons. The van der Waals surface area contributed by atoms with Crippen molar-refractivity contribution in [2.24, 2.45) is 5.73 Å². The van der Waals surface area contributed by atoms with Crippen LogP contribution in [0.25, 0.3) is 32.9 Å². The molecule has 0 saturated carbocycles. The van der Waals surface area contributed by atoms with E-state index in [1.807, 2.05) is 19.0 Å². The molecule has 5 aromatic rings. The van der Waals surface area contributed by atoms with Crippen molar-refractivity contribution in [2.45, 2.75) is 0 Å². The van der Waals surface area contributed by atoms with E-state index in [1.165, 1.54) is 12.3 Å². The highest BCUT2D eigenvalue weighted by molar-refractivity contribution is 6.19. The van der Waals surface area contributed by atoms with Crippen LogP contribution in [0.4, 0.5) is 15.8 Å². The van der Waals surface area contributed by atoms with Crippen molar-refractivity contribution in [3.8, 4) is 11.1 Å². The summed E-state index contributed by atoms with van der Waals surface area (Å²) in [6, 6.07) is 16.8. The quantitative estimate of drug-likeness (QED) is 0.273. The van der Waals surface area contributed by atoms with Gasteiger partial charge in [-0.25, -0.2) is 9.37 Å². The number of carbonyl (C=O) groups is 3. The standard InChI is InChI=1S/C32H29FN6O4/c1-38(2)20-9-6-18(7-10-20)31(41)37-24-5-3-4-21(27(24)33)23-17-35-29(30(34)40)28-26(23)22-11-8-19(16-25(22)36-28)32(42)39-12-14-43-15-13-39/h3-11,16-17,36H,12-15H2,1-2H3,(H2,34,40)(H,37,41). The molecule has 3 aromatic carbocycles. The summed E-state index contributed by atoms with van der Waals surface area (Å²) in [5.74, 6) is -2.01. The largest absolute Gasteiger partial charge is 0.378 e. The van der Waals surface area contributed by atoms with Gasteiger partial charge in [-0.1, -0.05) is 18.2 Å². The topological polar surface area (TPSA) is 134 Å². The second kappa shape index (κ2) is 11.2. The van der Waals surface area contributed by atoms with Crippen LogP contribution in [-0.2, 0) is 4.74 Å². The van der Waals surface area contributed by atoms with E-state index in [0.29, 0.717) is 64.8 Å². The molecule has 6 rings (SSSR count). The highest BCUT2D eigenvalue weighted by Gasteiger charge is 2.23. The van der Waals surface area contributed by atoms with E-state index in [9.17, 15) is 14.4 Å². The summed E-state index contributed by atoms with van der Waals surface area (Å²) < 4.78 is 21.4. The third kappa shape index (κ3) is 5.15. The molecule has 0 bridgehead atoms. The van der Waals surface area contributed by atoms with Gasteiger partial charge in [0.25, 0.3) is 17.7 Å². The molecule has 0 unspecified atom stereocenters. The summed E-state index contributed by atoms with van der Waals surface area (Å²) in [7, 11) is 3.80. The predicted molar refractivity (Wildman–Crippen MR) is 163 cm³/mol. The SMILES string of the molecule is CN(C)c1ccc(C(=O)Nc2cccc(-c3cnc(C(N)=O)c4[nH]c5cc(C(=O)N6CCOCC6)ccc5c34)c2F)cc1. The zero-order chi connectivity index (χ0) is 30.2. The highest BCUT2D eigenvalue weighted by atomic mass is 19.1. The number of amides is 3. The van der Waals surface area contributed by atoms with E-state index in [1.54, 1.807) is 59.5 Å². The summed E-state index contributed by atoms with van der Waals surface area (Å²) in [5, 5.41) is 3.84. The van der Waals surface area contributed by atoms with Gasteiger partial charge in [0.1, 0.15) is 0 Å². The summed E-state index contributed by atoms with van der Waals surface area (Å²) >= 11 is 0. The molecule has 4 N–H and O–H groups in total. The van der Waals surface area contributed by atoms with Crippen molar-refractivity contribution in [3.63, 3.8) is 0 Å². The average Bonchev–Trinajstić information content (AvgIpc) is 3.40. The van der Waals surface area contributed by atoms with E-state index in [2.05, 4.69) is 15.3 Å². The molecule has 1 fully saturated rings. The van der Waals surface area contributed by atoms with E-state index in [4.69, 9.17) is 10.5 Å². The third-order valence-corrected chi connectivity index (χ3v) is 7.59. The van der Waals surface area contributed by atoms with E-state index < -0.39 is 17.6 Å². The number of carbonyl (C=O) groups excluding carboxylic acids is 3. The van der Waals surface area contributed by atoms with Crippen molar-refractivity contribution in [2.75, 3.05) is 50.6 Å². The molecular weight excluding hydrogens is 551 g/mol. The number of rotatable bonds is 6. The maximum atomic E-state index is 16.1. The van der Waals surface area contributed by atoms with E-state index in [-0.39, 0.29) is 22.9 Å². The minimum Gasteiger partial charge on any atom is -0.378 e. The first-order valence-corrected chi connectivity index (χ1v) is 13.7. The zero-order valence-electron chi connectivity index (χ0n) is 23.6. The molecule has 0 atom stereocenters. The van der Waals surface area contributed by atoms with Gasteiger partial charge in [0.2, 0.25) is 0 Å². The number of nitrogens with zero attached hydrogens (tertiary/aromatic N) is 3. The van der Waals surface area contributed by atoms with Crippen molar-refractivity contribution < 1.29 is 23.5 Å². The number of halogens is 1. The predicted octanol–water partition coefficient (Wildman–Crippen LogP) is 4.41. The fraction of sp³-hybridized carbons (Fsp3) is 0.188. The lowest BCUT2D eigenvalue weighted by molar-refractivity contribution is 0.0303. The summed E-state index contributed by atoms with van der Waals surface area (Å²) in [6.07, 6.45) is 1.40. The highest BCUT2D eigenvalue weighted by Crippen LogP contribution is 2.38. The summed E-state index contributed by atoms with van der Waals surface area (Å²) in [6.45, 7) is 1.95. The van der Waals surface area contributed by atoms with Gasteiger partial charge < -0.3 is 30.6 Å². The Kier molecular flexibility index (Phi) is 7.24. The number of morpholine rings is 1. The number of nitrogens with two attached hydrogens (primary N) is 1. The number of fused-ring (bicyclic) bond motifs is 3. The molecular formula is C32H29FN6O4. The van der Waals surface area contributed by atoms with Crippen LogP contribution in [0.5, 0.6) is 0 Å². The number of primary amides is 1. The second-order valence-corrected chi connectivity index (χ2v) is 10.5. The maximum Gasteiger partial charge on any atom is 0.269 e. The lowest BCUT2D eigenvalue weighted by Crippen LogP contribution is -2.40. The summed E-state index contributed by atoms with van der Waals surface area (Å²) in [5.41, 5.74) is 8.84. The monoisotopic (exact) mass is 580 g/mol. The van der Waals surface area contributed by atoms with Gasteiger partial charge in [0.15, 0.2) is 11.5 Å². The molecule has 10 nitrogen and oxygen atoms in total. The number of anilines is 2. The third-order valence-electron chi connectivity index (χ3n) is 7.59. The van der Waals surface area contributed by atoms with Crippen molar-refractivity contribution in [1.82, 2.24) is 14.9 Å². The average molecular weight is 581 g/mol. The Morgan fingerprint density at radius 2 is 1.72 bits per heavy atom. The van der Waals surface area contributed by atoms with E-state index >= 15 is 4.39 Å². The van der Waals surface area contributed by atoms with Crippen molar-refractivity contribution in [1.29, 1.82) is 0 Å². The molecule has 1 aliphatic heterocycles. The number of hydrogen-bond acceptors (Lipinski definition) is 6. The first kappa shape index (κ1) is 27.9. The first-order valence-electron chi connectivity index (χ1n) is 13.7. The number of aromatic nitrogens is 2. The van der Waals surface area contributed by atoms with Crippen molar-refractivity contribution >= 4 is 50.9 Å². The molecule has 3 amide bonds. The Morgan fingerprint density at radius 3 is 2.42 bits per heavy atom. The van der Waals surface area contributed by atoms with Gasteiger partial charge in [-0.15, -0.1) is 0 Å². The Morgan fingerprint density at radius 1 is 1.00 bits per heavy atom. The molecule has 0 spiro atoms. The number of benzene rings is 3. The molecule has 2 aromatic heterocycles. The number of hydrogen-bond donors (Lipinski definition) is 3. The molecule has 0 aliphatic carbocycles. The smallest absolute Gasteiger partial charge is 0.269 e. The molecule has 3 heterocycles. The number of aromatic amines is 1. The number of H-pyrrole nitrogens is 1. The fourth-order valence-corrected chi connectivity index (χ4v) is 5.33. The van der Waals surface area contributed by atoms with Gasteiger partial charge in [-0.3, -0.25) is 14.4 Å². The van der Waals surface area contributed by atoms with Crippen LogP contribution in [0.3, 0.4) is 0 Å². The number of pyridine rings is 1. The zero-order valence-corrected chi connectivity index (χ0v) is 23.6. The Hall–Kier alpha value is -5.29. The molecule has 43 heavy (non-hydrogen) atoms. The number of ether oxygens (including phenoxy) is 1. The lowest BCUT2D eigenvalue weighted by Gasteiger charge is -2.26. The summed E-state index contributed by atoms with van der Waals surface area (Å²) in [4.78, 5) is 49.5. The maximum absolute atomic E-state index is 16.1. The Labute approximate surface area is 246 Å².